The van der Waals surface area contributed by atoms with E-state index in [1.807, 2.05) is 13.8 Å². The van der Waals surface area contributed by atoms with Gasteiger partial charge >= 0.3 is 0 Å². The van der Waals surface area contributed by atoms with Gasteiger partial charge in [-0.15, -0.1) is 0 Å². The Morgan fingerprint density at radius 3 is 1.97 bits per heavy atom. The summed E-state index contributed by atoms with van der Waals surface area (Å²) < 4.78 is 45.0. The quantitative estimate of drug-likeness (QED) is 0.188. The highest BCUT2D eigenvalue weighted by Gasteiger charge is 2.34. The summed E-state index contributed by atoms with van der Waals surface area (Å²) in [6.45, 7) is 17.1. The number of ether oxygens (including phenoxy) is 1. The van der Waals surface area contributed by atoms with E-state index >= 15 is 0 Å². The van der Waals surface area contributed by atoms with Gasteiger partial charge in [-0.1, -0.05) is 72.6 Å². The van der Waals surface area contributed by atoms with E-state index in [1.165, 1.54) is 44.9 Å². The molecule has 0 N–H and O–H groups in total. The SMILES string of the molecule is Cc1c(C)c2c(c(C)c1OS(=O)(=O)[O-])CCC(C)(CCCC(C)CCCC(C)CCCC(C)C)O2. The van der Waals surface area contributed by atoms with Crippen LogP contribution in [0, 0.1) is 38.5 Å². The van der Waals surface area contributed by atoms with E-state index in [4.69, 9.17) is 8.92 Å². The third-order valence-corrected chi connectivity index (χ3v) is 8.39. The third-order valence-electron chi connectivity index (χ3n) is 8.02. The van der Waals surface area contributed by atoms with E-state index in [0.717, 1.165) is 60.3 Å². The molecule has 1 heterocycles. The van der Waals surface area contributed by atoms with E-state index in [-0.39, 0.29) is 11.4 Å². The molecule has 0 saturated carbocycles. The molecular formula is C29H49O5S-. The number of fused-ring (bicyclic) bond motifs is 1. The first-order valence-corrected chi connectivity index (χ1v) is 15.0. The topological polar surface area (TPSA) is 75.7 Å². The third kappa shape index (κ3) is 9.27. The second-order valence-electron chi connectivity index (χ2n) is 11.9. The predicted molar refractivity (Wildman–Crippen MR) is 143 cm³/mol. The zero-order chi connectivity index (χ0) is 26.4. The van der Waals surface area contributed by atoms with E-state index in [0.29, 0.717) is 11.1 Å². The van der Waals surface area contributed by atoms with Crippen molar-refractivity contribution in [3.05, 3.63) is 22.3 Å². The molecule has 1 aromatic rings. The summed E-state index contributed by atoms with van der Waals surface area (Å²) in [7, 11) is -4.82. The van der Waals surface area contributed by atoms with Crippen molar-refractivity contribution in [1.82, 2.24) is 0 Å². The minimum absolute atomic E-state index is 0.159. The van der Waals surface area contributed by atoms with Crippen molar-refractivity contribution in [1.29, 1.82) is 0 Å². The van der Waals surface area contributed by atoms with Crippen LogP contribution in [0.4, 0.5) is 0 Å². The fraction of sp³-hybridized carbons (Fsp3) is 0.793. The zero-order valence-electron chi connectivity index (χ0n) is 23.5. The fourth-order valence-electron chi connectivity index (χ4n) is 5.49. The van der Waals surface area contributed by atoms with Crippen LogP contribution in [-0.4, -0.2) is 18.6 Å². The summed E-state index contributed by atoms with van der Waals surface area (Å²) >= 11 is 0. The summed E-state index contributed by atoms with van der Waals surface area (Å²) in [6.07, 6.45) is 13.1. The lowest BCUT2D eigenvalue weighted by Crippen LogP contribution is -2.37. The van der Waals surface area contributed by atoms with Gasteiger partial charge in [0, 0.05) is 5.56 Å². The van der Waals surface area contributed by atoms with E-state index in [2.05, 4.69) is 34.6 Å². The van der Waals surface area contributed by atoms with Crippen LogP contribution in [-0.2, 0) is 16.8 Å². The van der Waals surface area contributed by atoms with Gasteiger partial charge in [-0.3, -0.25) is 0 Å². The van der Waals surface area contributed by atoms with Crippen molar-refractivity contribution >= 4 is 10.4 Å². The van der Waals surface area contributed by atoms with Gasteiger partial charge in [0.2, 0.25) is 0 Å². The minimum atomic E-state index is -4.82. The summed E-state index contributed by atoms with van der Waals surface area (Å²) in [6, 6.07) is 0. The summed E-state index contributed by atoms with van der Waals surface area (Å²) in [4.78, 5) is 0. The Morgan fingerprint density at radius 2 is 1.43 bits per heavy atom. The standard InChI is InChI=1S/C29H50O5S/c1-20(2)12-9-13-21(3)14-10-15-22(4)16-11-18-29(8)19-17-26-25(7)27(34-35(30,31)32)23(5)24(6)28(26)33-29/h20-22H,9-19H2,1-8H3,(H,30,31,32)/p-1. The van der Waals surface area contributed by atoms with E-state index in [1.54, 1.807) is 6.92 Å². The second kappa shape index (κ2) is 12.8. The Morgan fingerprint density at radius 1 is 0.886 bits per heavy atom. The fourth-order valence-corrected chi connectivity index (χ4v) is 5.94. The molecule has 1 aromatic carbocycles. The second-order valence-corrected chi connectivity index (χ2v) is 12.9. The molecule has 0 spiro atoms. The molecule has 0 fully saturated rings. The van der Waals surface area contributed by atoms with E-state index < -0.39 is 10.4 Å². The Kier molecular flexibility index (Phi) is 11.0. The molecule has 5 nitrogen and oxygen atoms in total. The molecule has 1 aliphatic heterocycles. The Labute approximate surface area is 215 Å². The molecule has 0 aromatic heterocycles. The monoisotopic (exact) mass is 509 g/mol. The Hall–Kier alpha value is -1.27. The highest BCUT2D eigenvalue weighted by Crippen LogP contribution is 2.45. The number of hydrogen-bond acceptors (Lipinski definition) is 5. The smallest absolute Gasteiger partial charge is 0.262 e. The van der Waals surface area contributed by atoms with Crippen LogP contribution in [0.2, 0.25) is 0 Å². The van der Waals surface area contributed by atoms with Crippen LogP contribution in [0.5, 0.6) is 11.5 Å². The predicted octanol–water partition coefficient (Wildman–Crippen LogP) is 7.97. The van der Waals surface area contributed by atoms with Gasteiger partial charge in [0.1, 0.15) is 17.1 Å². The van der Waals surface area contributed by atoms with Crippen molar-refractivity contribution in [2.75, 3.05) is 0 Å². The summed E-state index contributed by atoms with van der Waals surface area (Å²) in [5.41, 5.74) is 2.92. The first-order chi connectivity index (χ1) is 16.2. The van der Waals surface area contributed by atoms with Crippen molar-refractivity contribution < 1.29 is 21.9 Å². The molecule has 2 rings (SSSR count). The molecular weight excluding hydrogens is 460 g/mol. The Balaban J connectivity index is 1.86. The van der Waals surface area contributed by atoms with Gasteiger partial charge in [0.25, 0.3) is 10.4 Å². The first-order valence-electron chi connectivity index (χ1n) is 13.7. The molecule has 3 unspecified atom stereocenters. The molecule has 1 aliphatic rings. The largest absolute Gasteiger partial charge is 0.716 e. The molecule has 0 saturated heterocycles. The number of benzene rings is 1. The van der Waals surface area contributed by atoms with Gasteiger partial charge in [0.15, 0.2) is 0 Å². The minimum Gasteiger partial charge on any atom is -0.716 e. The van der Waals surface area contributed by atoms with Crippen LogP contribution >= 0.6 is 0 Å². The van der Waals surface area contributed by atoms with Gasteiger partial charge in [0.05, 0.1) is 0 Å². The molecule has 202 valence electrons. The van der Waals surface area contributed by atoms with Gasteiger partial charge in [-0.2, -0.15) is 0 Å². The van der Waals surface area contributed by atoms with Gasteiger partial charge in [-0.05, 0) is 87.8 Å². The lowest BCUT2D eigenvalue weighted by Gasteiger charge is -2.38. The maximum Gasteiger partial charge on any atom is 0.262 e. The lowest BCUT2D eigenvalue weighted by atomic mass is 9.84. The molecule has 0 amide bonds. The molecule has 35 heavy (non-hydrogen) atoms. The summed E-state index contributed by atoms with van der Waals surface area (Å²) in [5, 5.41) is 0. The van der Waals surface area contributed by atoms with E-state index in [9.17, 15) is 13.0 Å². The maximum atomic E-state index is 11.2. The van der Waals surface area contributed by atoms with Gasteiger partial charge < -0.3 is 13.5 Å². The first kappa shape index (κ1) is 30.0. The van der Waals surface area contributed by atoms with Crippen molar-refractivity contribution in [2.45, 2.75) is 132 Å². The normalized spacial score (nSPS) is 19.8. The average Bonchev–Trinajstić information content (AvgIpc) is 2.74. The number of rotatable bonds is 14. The molecule has 6 heteroatoms. The van der Waals surface area contributed by atoms with Crippen LogP contribution in [0.25, 0.3) is 0 Å². The van der Waals surface area contributed by atoms with Crippen LogP contribution in [0.15, 0.2) is 0 Å². The van der Waals surface area contributed by atoms with Crippen molar-refractivity contribution in [3.63, 3.8) is 0 Å². The summed E-state index contributed by atoms with van der Waals surface area (Å²) in [5.74, 6) is 3.38. The van der Waals surface area contributed by atoms with Crippen LogP contribution in [0.3, 0.4) is 0 Å². The zero-order valence-corrected chi connectivity index (χ0v) is 24.3. The van der Waals surface area contributed by atoms with Gasteiger partial charge in [-0.25, -0.2) is 8.42 Å². The molecule has 0 aliphatic carbocycles. The van der Waals surface area contributed by atoms with Crippen molar-refractivity contribution in [3.8, 4) is 11.5 Å². The average molecular weight is 510 g/mol. The maximum absolute atomic E-state index is 11.2. The highest BCUT2D eigenvalue weighted by atomic mass is 32.3. The van der Waals surface area contributed by atoms with Crippen LogP contribution in [0.1, 0.15) is 121 Å². The highest BCUT2D eigenvalue weighted by molar-refractivity contribution is 7.81. The lowest BCUT2D eigenvalue weighted by molar-refractivity contribution is 0.0512. The molecule has 3 atom stereocenters. The number of hydrogen-bond donors (Lipinski definition) is 0. The van der Waals surface area contributed by atoms with Crippen LogP contribution < -0.4 is 8.92 Å². The van der Waals surface area contributed by atoms with Crippen molar-refractivity contribution in [2.24, 2.45) is 17.8 Å². The molecule has 0 radical (unpaired) electrons. The Bertz CT molecular complexity index is 937. The molecule has 0 bridgehead atoms.